The third kappa shape index (κ3) is 5.47. The van der Waals surface area contributed by atoms with E-state index in [1.165, 1.54) is 14.2 Å². The summed E-state index contributed by atoms with van der Waals surface area (Å²) in [6.07, 6.45) is -1.29. The van der Waals surface area contributed by atoms with Gasteiger partial charge >= 0.3 is 5.97 Å². The summed E-state index contributed by atoms with van der Waals surface area (Å²) in [7, 11) is 2.72. The number of aliphatic hydroxyl groups excluding tert-OH is 1. The zero-order valence-corrected chi connectivity index (χ0v) is 16.4. The van der Waals surface area contributed by atoms with Crippen molar-refractivity contribution in [3.8, 4) is 11.5 Å². The Hall–Kier alpha value is -3.06. The first-order valence-electron chi connectivity index (χ1n) is 8.75. The SMILES string of the molecule is COC(=O)C(NC(=O)COc1ccc(C)cc1C)C(O)c1ccc(OC)cc1. The van der Waals surface area contributed by atoms with Crippen molar-refractivity contribution in [1.82, 2.24) is 5.32 Å². The molecule has 2 N–H and O–H groups in total. The zero-order chi connectivity index (χ0) is 20.7. The van der Waals surface area contributed by atoms with Crippen LogP contribution in [0.3, 0.4) is 0 Å². The molecule has 0 aliphatic carbocycles. The van der Waals surface area contributed by atoms with Crippen LogP contribution in [0.15, 0.2) is 42.5 Å². The minimum Gasteiger partial charge on any atom is -0.497 e. The number of aliphatic hydroxyl groups is 1. The number of amides is 1. The van der Waals surface area contributed by atoms with Gasteiger partial charge in [-0.2, -0.15) is 0 Å². The largest absolute Gasteiger partial charge is 0.497 e. The molecule has 0 spiro atoms. The van der Waals surface area contributed by atoms with Gasteiger partial charge in [0, 0.05) is 0 Å². The fourth-order valence-electron chi connectivity index (χ4n) is 2.71. The molecule has 0 heterocycles. The van der Waals surface area contributed by atoms with E-state index < -0.39 is 24.0 Å². The first kappa shape index (κ1) is 21.2. The Morgan fingerprint density at radius 2 is 1.75 bits per heavy atom. The summed E-state index contributed by atoms with van der Waals surface area (Å²) in [5.74, 6) is -0.131. The number of nitrogens with one attached hydrogen (secondary N) is 1. The predicted molar refractivity (Wildman–Crippen MR) is 103 cm³/mol. The summed E-state index contributed by atoms with van der Waals surface area (Å²) in [5, 5.41) is 13.0. The number of benzene rings is 2. The quantitative estimate of drug-likeness (QED) is 0.674. The van der Waals surface area contributed by atoms with Crippen molar-refractivity contribution in [1.29, 1.82) is 0 Å². The number of rotatable bonds is 8. The summed E-state index contributed by atoms with van der Waals surface area (Å²) in [4.78, 5) is 24.4. The van der Waals surface area contributed by atoms with Crippen LogP contribution in [0, 0.1) is 13.8 Å². The molecule has 2 rings (SSSR count). The van der Waals surface area contributed by atoms with Gasteiger partial charge in [-0.25, -0.2) is 4.79 Å². The van der Waals surface area contributed by atoms with E-state index in [9.17, 15) is 14.7 Å². The number of carbonyl (C=O) groups excluding carboxylic acids is 2. The lowest BCUT2D eigenvalue weighted by molar-refractivity contribution is -0.148. The first-order chi connectivity index (χ1) is 13.3. The maximum atomic E-state index is 12.3. The molecule has 0 bridgehead atoms. The van der Waals surface area contributed by atoms with E-state index in [-0.39, 0.29) is 6.61 Å². The van der Waals surface area contributed by atoms with Crippen molar-refractivity contribution in [3.63, 3.8) is 0 Å². The first-order valence-corrected chi connectivity index (χ1v) is 8.75. The maximum absolute atomic E-state index is 12.3. The molecule has 0 fully saturated rings. The molecule has 2 aromatic carbocycles. The number of ether oxygens (including phenoxy) is 3. The lowest BCUT2D eigenvalue weighted by atomic mass is 10.0. The van der Waals surface area contributed by atoms with Crippen molar-refractivity contribution in [3.05, 3.63) is 59.2 Å². The molecule has 1 amide bonds. The van der Waals surface area contributed by atoms with Crippen molar-refractivity contribution < 1.29 is 28.9 Å². The van der Waals surface area contributed by atoms with Gasteiger partial charge in [-0.05, 0) is 43.2 Å². The van der Waals surface area contributed by atoms with E-state index in [0.717, 1.165) is 11.1 Å². The maximum Gasteiger partial charge on any atom is 0.331 e. The molecule has 0 aliphatic heterocycles. The second-order valence-electron chi connectivity index (χ2n) is 6.34. The Bertz CT molecular complexity index is 818. The molecule has 28 heavy (non-hydrogen) atoms. The predicted octanol–water partition coefficient (Wildman–Crippen LogP) is 2.08. The van der Waals surface area contributed by atoms with E-state index in [2.05, 4.69) is 5.32 Å². The van der Waals surface area contributed by atoms with Crippen LogP contribution in [0.25, 0.3) is 0 Å². The fourth-order valence-corrected chi connectivity index (χ4v) is 2.71. The third-order valence-corrected chi connectivity index (χ3v) is 4.23. The molecule has 0 aliphatic rings. The van der Waals surface area contributed by atoms with Gasteiger partial charge in [-0.15, -0.1) is 0 Å². The summed E-state index contributed by atoms with van der Waals surface area (Å²) in [6.45, 7) is 3.54. The highest BCUT2D eigenvalue weighted by Crippen LogP contribution is 2.22. The van der Waals surface area contributed by atoms with Gasteiger partial charge in [0.25, 0.3) is 5.91 Å². The Morgan fingerprint density at radius 1 is 1.07 bits per heavy atom. The van der Waals surface area contributed by atoms with E-state index >= 15 is 0 Å². The van der Waals surface area contributed by atoms with Crippen LogP contribution in [0.5, 0.6) is 11.5 Å². The topological polar surface area (TPSA) is 94.1 Å². The Morgan fingerprint density at radius 3 is 2.32 bits per heavy atom. The number of esters is 1. The molecule has 7 nitrogen and oxygen atoms in total. The van der Waals surface area contributed by atoms with Gasteiger partial charge in [0.2, 0.25) is 0 Å². The number of carbonyl (C=O) groups is 2. The van der Waals surface area contributed by atoms with Crippen LogP contribution < -0.4 is 14.8 Å². The standard InChI is InChI=1S/C21H25NO6/c1-13-5-10-17(14(2)11-13)28-12-18(23)22-19(21(25)27-4)20(24)15-6-8-16(26-3)9-7-15/h5-11,19-20,24H,12H2,1-4H3,(H,22,23). The van der Waals surface area contributed by atoms with Crippen molar-refractivity contribution in [2.75, 3.05) is 20.8 Å². The number of methoxy groups -OCH3 is 2. The lowest BCUT2D eigenvalue weighted by Crippen LogP contribution is -2.47. The second-order valence-corrected chi connectivity index (χ2v) is 6.34. The van der Waals surface area contributed by atoms with Gasteiger partial charge in [-0.3, -0.25) is 4.79 Å². The van der Waals surface area contributed by atoms with Gasteiger partial charge in [-0.1, -0.05) is 29.8 Å². The molecule has 0 radical (unpaired) electrons. The third-order valence-electron chi connectivity index (χ3n) is 4.23. The molecule has 0 saturated carbocycles. The fraction of sp³-hybridized carbons (Fsp3) is 0.333. The molecule has 2 atom stereocenters. The van der Waals surface area contributed by atoms with Crippen LogP contribution in [0.1, 0.15) is 22.8 Å². The van der Waals surface area contributed by atoms with Crippen molar-refractivity contribution >= 4 is 11.9 Å². The van der Waals surface area contributed by atoms with Gasteiger partial charge in [0.05, 0.1) is 14.2 Å². The Labute approximate surface area is 164 Å². The minimum atomic E-state index is -1.29. The highest BCUT2D eigenvalue weighted by molar-refractivity contribution is 5.85. The molecule has 0 saturated heterocycles. The normalized spacial score (nSPS) is 12.6. The number of aryl methyl sites for hydroxylation is 2. The van der Waals surface area contributed by atoms with E-state index in [0.29, 0.717) is 17.1 Å². The lowest BCUT2D eigenvalue weighted by Gasteiger charge is -2.22. The van der Waals surface area contributed by atoms with Crippen LogP contribution in [0.4, 0.5) is 0 Å². The molecular formula is C21H25NO6. The smallest absolute Gasteiger partial charge is 0.331 e. The Kier molecular flexibility index (Phi) is 7.40. The minimum absolute atomic E-state index is 0.299. The molecule has 2 unspecified atom stereocenters. The highest BCUT2D eigenvalue weighted by Gasteiger charge is 2.30. The molecule has 7 heteroatoms. The summed E-state index contributed by atoms with van der Waals surface area (Å²) in [6, 6.07) is 10.9. The Balaban J connectivity index is 2.05. The highest BCUT2D eigenvalue weighted by atomic mass is 16.5. The average Bonchev–Trinajstić information content (AvgIpc) is 2.70. The number of hydrogen-bond donors (Lipinski definition) is 2. The van der Waals surface area contributed by atoms with Crippen molar-refractivity contribution in [2.24, 2.45) is 0 Å². The zero-order valence-electron chi connectivity index (χ0n) is 16.4. The van der Waals surface area contributed by atoms with Crippen LogP contribution in [0.2, 0.25) is 0 Å². The average molecular weight is 387 g/mol. The van der Waals surface area contributed by atoms with E-state index in [1.807, 2.05) is 26.0 Å². The second kappa shape index (κ2) is 9.75. The summed E-state index contributed by atoms with van der Waals surface area (Å²) < 4.78 is 15.3. The van der Waals surface area contributed by atoms with Crippen molar-refractivity contribution in [2.45, 2.75) is 26.0 Å². The number of hydrogen-bond acceptors (Lipinski definition) is 6. The van der Waals surface area contributed by atoms with Gasteiger partial charge < -0.3 is 24.6 Å². The monoisotopic (exact) mass is 387 g/mol. The van der Waals surface area contributed by atoms with E-state index in [4.69, 9.17) is 14.2 Å². The summed E-state index contributed by atoms with van der Waals surface area (Å²) in [5.41, 5.74) is 2.42. The summed E-state index contributed by atoms with van der Waals surface area (Å²) >= 11 is 0. The molecule has 150 valence electrons. The molecule has 2 aromatic rings. The van der Waals surface area contributed by atoms with Crippen LogP contribution in [-0.2, 0) is 14.3 Å². The van der Waals surface area contributed by atoms with Gasteiger partial charge in [0.15, 0.2) is 12.6 Å². The molecule has 0 aromatic heterocycles. The van der Waals surface area contributed by atoms with Gasteiger partial charge in [0.1, 0.15) is 17.6 Å². The van der Waals surface area contributed by atoms with Crippen LogP contribution in [-0.4, -0.2) is 43.9 Å². The molecular weight excluding hydrogens is 362 g/mol. The van der Waals surface area contributed by atoms with E-state index in [1.54, 1.807) is 30.3 Å². The van der Waals surface area contributed by atoms with Crippen LogP contribution >= 0.6 is 0 Å².